The number of amides is 2. The first-order valence-electron chi connectivity index (χ1n) is 10.4. The van der Waals surface area contributed by atoms with Crippen LogP contribution in [-0.4, -0.2) is 41.9 Å². The Balaban J connectivity index is 1.61. The van der Waals surface area contributed by atoms with Crippen LogP contribution in [0.2, 0.25) is 0 Å². The molecule has 1 aromatic heterocycles. The Kier molecular flexibility index (Phi) is 7.17. The van der Waals surface area contributed by atoms with Crippen LogP contribution in [-0.2, 0) is 16.0 Å². The molecule has 0 aliphatic carbocycles. The second kappa shape index (κ2) is 10.0. The minimum absolute atomic E-state index is 0.0361. The third-order valence-corrected chi connectivity index (χ3v) is 5.55. The van der Waals surface area contributed by atoms with Crippen LogP contribution in [0.1, 0.15) is 30.9 Å². The highest BCUT2D eigenvalue weighted by Gasteiger charge is 2.33. The molecule has 3 rings (SSSR count). The molecule has 1 fully saturated rings. The summed E-state index contributed by atoms with van der Waals surface area (Å²) in [6, 6.07) is 10.2. The van der Waals surface area contributed by atoms with Crippen LogP contribution in [0.5, 0.6) is 0 Å². The van der Waals surface area contributed by atoms with Crippen LogP contribution in [0.4, 0.5) is 11.5 Å². The molecule has 1 atom stereocenters. The fourth-order valence-electron chi connectivity index (χ4n) is 3.88. The van der Waals surface area contributed by atoms with Crippen molar-refractivity contribution in [3.63, 3.8) is 0 Å². The van der Waals surface area contributed by atoms with Gasteiger partial charge in [0, 0.05) is 38.3 Å². The van der Waals surface area contributed by atoms with E-state index in [0.29, 0.717) is 38.2 Å². The highest BCUT2D eigenvalue weighted by atomic mass is 16.6. The molecule has 0 unspecified atom stereocenters. The maximum Gasteiger partial charge on any atom is 0.357 e. The van der Waals surface area contributed by atoms with Crippen molar-refractivity contribution in [2.75, 3.05) is 18.0 Å². The number of benzene rings is 1. The van der Waals surface area contributed by atoms with Gasteiger partial charge in [-0.15, -0.1) is 0 Å². The van der Waals surface area contributed by atoms with Crippen molar-refractivity contribution in [3.8, 4) is 0 Å². The highest BCUT2D eigenvalue weighted by Crippen LogP contribution is 2.25. The van der Waals surface area contributed by atoms with Gasteiger partial charge >= 0.3 is 11.5 Å². The highest BCUT2D eigenvalue weighted by molar-refractivity contribution is 5.87. The lowest BCUT2D eigenvalue weighted by Gasteiger charge is -2.29. The largest absolute Gasteiger partial charge is 0.357 e. The molecule has 1 aliphatic rings. The summed E-state index contributed by atoms with van der Waals surface area (Å²) >= 11 is 0. The Morgan fingerprint density at radius 2 is 1.94 bits per heavy atom. The first-order chi connectivity index (χ1) is 14.8. The number of rotatable bonds is 7. The molecule has 9 nitrogen and oxygen atoms in total. The van der Waals surface area contributed by atoms with E-state index in [9.17, 15) is 19.7 Å². The normalized spacial score (nSPS) is 15.2. The summed E-state index contributed by atoms with van der Waals surface area (Å²) < 4.78 is 0. The van der Waals surface area contributed by atoms with Gasteiger partial charge in [-0.05, 0) is 24.1 Å². The van der Waals surface area contributed by atoms with E-state index in [4.69, 9.17) is 0 Å². The van der Waals surface area contributed by atoms with Crippen molar-refractivity contribution in [1.29, 1.82) is 0 Å². The number of H-pyrrole nitrogens is 1. The molecule has 1 saturated heterocycles. The molecule has 0 radical (unpaired) electrons. The molecule has 164 valence electrons. The fourth-order valence-corrected chi connectivity index (χ4v) is 3.88. The van der Waals surface area contributed by atoms with E-state index in [1.54, 1.807) is 12.3 Å². The zero-order valence-corrected chi connectivity index (χ0v) is 17.8. The summed E-state index contributed by atoms with van der Waals surface area (Å²) in [5.41, 5.74) is 2.12. The summed E-state index contributed by atoms with van der Waals surface area (Å²) in [4.78, 5) is 40.4. The number of aryl methyl sites for hydroxylation is 1. The number of nitrogens with zero attached hydrogens (tertiary/aromatic N) is 2. The van der Waals surface area contributed by atoms with Crippen molar-refractivity contribution >= 4 is 23.3 Å². The minimum atomic E-state index is -0.653. The molecule has 1 aliphatic heterocycles. The summed E-state index contributed by atoms with van der Waals surface area (Å²) in [5, 5.41) is 17.1. The summed E-state index contributed by atoms with van der Waals surface area (Å²) in [6.45, 7) is 4.54. The van der Waals surface area contributed by atoms with Crippen LogP contribution < -0.4 is 20.5 Å². The van der Waals surface area contributed by atoms with Crippen molar-refractivity contribution < 1.29 is 19.5 Å². The molecule has 31 heavy (non-hydrogen) atoms. The Labute approximate surface area is 181 Å². The Bertz CT molecular complexity index is 956. The van der Waals surface area contributed by atoms with Gasteiger partial charge in [-0.2, -0.15) is 0 Å². The van der Waals surface area contributed by atoms with Gasteiger partial charge in [-0.3, -0.25) is 24.6 Å². The van der Waals surface area contributed by atoms with Gasteiger partial charge in [0.25, 0.3) is 0 Å². The fraction of sp³-hybridized carbons (Fsp3) is 0.409. The second-order valence-corrected chi connectivity index (χ2v) is 7.81. The summed E-state index contributed by atoms with van der Waals surface area (Å²) in [6.07, 6.45) is 3.40. The van der Waals surface area contributed by atoms with E-state index in [0.717, 1.165) is 11.1 Å². The van der Waals surface area contributed by atoms with Gasteiger partial charge in [-0.1, -0.05) is 24.3 Å². The number of carbonyl (C=O) groups is 2. The first-order valence-corrected chi connectivity index (χ1v) is 10.4. The molecule has 2 heterocycles. The number of pyridine rings is 1. The average molecular weight is 426 g/mol. The predicted molar refractivity (Wildman–Crippen MR) is 116 cm³/mol. The van der Waals surface area contributed by atoms with E-state index in [2.05, 4.69) is 15.6 Å². The molecule has 0 bridgehead atoms. The van der Waals surface area contributed by atoms with E-state index in [1.165, 1.54) is 13.0 Å². The molecule has 0 saturated carbocycles. The van der Waals surface area contributed by atoms with Crippen LogP contribution in [0, 0.1) is 17.0 Å². The van der Waals surface area contributed by atoms with Crippen molar-refractivity contribution in [2.45, 2.75) is 45.2 Å². The van der Waals surface area contributed by atoms with Crippen molar-refractivity contribution in [2.24, 2.45) is 0 Å². The molecule has 2 aromatic rings. The first kappa shape index (κ1) is 22.2. The number of carbonyl (C=O) groups excluding carboxylic acids is 2. The maximum atomic E-state index is 12.9. The zero-order valence-electron chi connectivity index (χ0n) is 17.8. The van der Waals surface area contributed by atoms with Crippen LogP contribution in [0.25, 0.3) is 0 Å². The Morgan fingerprint density at radius 1 is 1.23 bits per heavy atom. The summed E-state index contributed by atoms with van der Waals surface area (Å²) in [7, 11) is 0. The zero-order chi connectivity index (χ0) is 22.4. The third kappa shape index (κ3) is 5.78. The van der Waals surface area contributed by atoms with Gasteiger partial charge in [0.1, 0.15) is 6.04 Å². The van der Waals surface area contributed by atoms with E-state index in [1.807, 2.05) is 36.1 Å². The van der Waals surface area contributed by atoms with E-state index < -0.39 is 11.0 Å². The quantitative estimate of drug-likeness (QED) is 0.514. The third-order valence-electron chi connectivity index (χ3n) is 5.55. The lowest BCUT2D eigenvalue weighted by atomic mass is 9.99. The Hall–Kier alpha value is -3.49. The monoisotopic (exact) mass is 426 g/mol. The van der Waals surface area contributed by atoms with Crippen molar-refractivity contribution in [1.82, 2.24) is 10.6 Å². The van der Waals surface area contributed by atoms with Gasteiger partial charge in [0.2, 0.25) is 11.8 Å². The molecule has 9 heteroatoms. The molecular formula is C22H28N5O4+. The molecule has 1 aromatic carbocycles. The molecule has 0 spiro atoms. The molecule has 3 N–H and O–H groups in total. The van der Waals surface area contributed by atoms with Gasteiger partial charge in [0.15, 0.2) is 0 Å². The predicted octanol–water partition coefficient (Wildman–Crippen LogP) is 1.55. The standard InChI is InChI=1S/C22H27N5O4/c1-15-6-3-4-7-17(15)14-19(24-16(2)28)22(29)25-18-9-12-26(13-10-18)21-20(27(30)31)8-5-11-23-21/h3-8,11,18-19H,9-10,12-14H2,1-2H3,(H,24,28)(H,25,29)/p+1/t19-/m0/s1. The number of nitrogens with one attached hydrogen (secondary N) is 3. The number of nitro groups is 1. The maximum absolute atomic E-state index is 12.9. The van der Waals surface area contributed by atoms with Crippen molar-refractivity contribution in [3.05, 3.63) is 63.8 Å². The van der Waals surface area contributed by atoms with Gasteiger partial charge in [-0.25, -0.2) is 4.98 Å². The minimum Gasteiger partial charge on any atom is -0.351 e. The SMILES string of the molecule is CC(=O)N[C@@H](Cc1ccccc1C)C(=O)NC1CCN(c2[nH+]cccc2[N+](=O)[O-])CC1. The Morgan fingerprint density at radius 3 is 2.58 bits per heavy atom. The topological polar surface area (TPSA) is 119 Å². The van der Waals surface area contributed by atoms with Gasteiger partial charge < -0.3 is 10.6 Å². The second-order valence-electron chi connectivity index (χ2n) is 7.81. The van der Waals surface area contributed by atoms with E-state index in [-0.39, 0.29) is 23.5 Å². The number of hydrogen-bond donors (Lipinski definition) is 2. The number of aromatic amines is 1. The number of anilines is 1. The molecule has 2 amide bonds. The number of piperidine rings is 1. The lowest BCUT2D eigenvalue weighted by molar-refractivity contribution is -0.411. The number of hydrogen-bond acceptors (Lipinski definition) is 5. The van der Waals surface area contributed by atoms with Gasteiger partial charge in [0.05, 0.1) is 24.2 Å². The summed E-state index contributed by atoms with van der Waals surface area (Å²) in [5.74, 6) is 0.0117. The van der Waals surface area contributed by atoms with Crippen LogP contribution >= 0.6 is 0 Å². The molecular weight excluding hydrogens is 398 g/mol. The lowest BCUT2D eigenvalue weighted by Crippen LogP contribution is -2.53. The van der Waals surface area contributed by atoms with E-state index >= 15 is 0 Å². The smallest absolute Gasteiger partial charge is 0.351 e. The average Bonchev–Trinajstić information content (AvgIpc) is 2.75. The van der Waals surface area contributed by atoms with Crippen LogP contribution in [0.3, 0.4) is 0 Å². The van der Waals surface area contributed by atoms with Crippen LogP contribution in [0.15, 0.2) is 42.6 Å². The number of aromatic nitrogens is 1.